The molecule has 2 aromatic rings. The topological polar surface area (TPSA) is 72.7 Å². The van der Waals surface area contributed by atoms with E-state index in [1.54, 1.807) is 24.3 Å². The summed E-state index contributed by atoms with van der Waals surface area (Å²) in [6, 6.07) is 12.1. The third-order valence-electron chi connectivity index (χ3n) is 4.43. The fourth-order valence-electron chi connectivity index (χ4n) is 2.91. The summed E-state index contributed by atoms with van der Waals surface area (Å²) >= 11 is 0. The lowest BCUT2D eigenvalue weighted by Crippen LogP contribution is -2.44. The van der Waals surface area contributed by atoms with Crippen LogP contribution in [0, 0.1) is 15.9 Å². The van der Waals surface area contributed by atoms with Gasteiger partial charge in [0, 0.05) is 24.4 Å². The molecule has 1 fully saturated rings. The normalized spacial score (nSPS) is 14.6. The third-order valence-corrected chi connectivity index (χ3v) is 4.43. The molecule has 0 spiro atoms. The molecule has 0 atom stereocenters. The first kappa shape index (κ1) is 16.9. The summed E-state index contributed by atoms with van der Waals surface area (Å²) in [4.78, 5) is 24.5. The largest absolute Gasteiger partial charge is 0.467 e. The molecule has 0 radical (unpaired) electrons. The highest BCUT2D eigenvalue weighted by atomic mass is 19.1. The molecule has 1 saturated carbocycles. The Labute approximate surface area is 144 Å². The Bertz CT molecular complexity index is 786. The number of methoxy groups -OCH3 is 1. The van der Waals surface area contributed by atoms with Gasteiger partial charge in [0.2, 0.25) is 0 Å². The minimum absolute atomic E-state index is 0.0200. The molecular weight excluding hydrogens is 327 g/mol. The zero-order valence-corrected chi connectivity index (χ0v) is 13.6. The Balaban J connectivity index is 1.95. The molecule has 130 valence electrons. The second kappa shape index (κ2) is 6.51. The molecule has 25 heavy (non-hydrogen) atoms. The van der Waals surface area contributed by atoms with Crippen molar-refractivity contribution in [2.75, 3.05) is 12.0 Å². The molecule has 0 amide bonds. The van der Waals surface area contributed by atoms with Gasteiger partial charge in [-0.15, -0.1) is 0 Å². The van der Waals surface area contributed by atoms with Crippen molar-refractivity contribution in [1.29, 1.82) is 0 Å². The van der Waals surface area contributed by atoms with E-state index in [1.165, 1.54) is 31.4 Å². The van der Waals surface area contributed by atoms with Crippen LogP contribution in [0.4, 0.5) is 15.8 Å². The van der Waals surface area contributed by atoms with Crippen LogP contribution in [0.1, 0.15) is 18.4 Å². The van der Waals surface area contributed by atoms with E-state index in [0.29, 0.717) is 25.1 Å². The number of nitro groups is 1. The monoisotopic (exact) mass is 344 g/mol. The highest BCUT2D eigenvalue weighted by Crippen LogP contribution is 2.46. The first-order valence-corrected chi connectivity index (χ1v) is 7.81. The van der Waals surface area contributed by atoms with E-state index in [9.17, 15) is 19.3 Å². The number of rotatable bonds is 6. The van der Waals surface area contributed by atoms with Gasteiger partial charge < -0.3 is 9.64 Å². The molecule has 0 saturated heterocycles. The smallest absolute Gasteiger partial charge is 0.331 e. The van der Waals surface area contributed by atoms with Gasteiger partial charge in [0.05, 0.1) is 12.0 Å². The van der Waals surface area contributed by atoms with E-state index in [0.717, 1.165) is 5.56 Å². The number of nitrogens with zero attached hydrogens (tertiary/aromatic N) is 2. The molecule has 3 rings (SSSR count). The summed E-state index contributed by atoms with van der Waals surface area (Å²) in [5.41, 5.74) is 0.709. The van der Waals surface area contributed by atoms with E-state index in [4.69, 9.17) is 4.74 Å². The van der Waals surface area contributed by atoms with E-state index in [-0.39, 0.29) is 17.5 Å². The molecule has 2 aromatic carbocycles. The number of anilines is 1. The van der Waals surface area contributed by atoms with Crippen LogP contribution in [0.5, 0.6) is 0 Å². The zero-order chi connectivity index (χ0) is 18.0. The SMILES string of the molecule is COC(=O)C1(N(Cc2ccc(F)cc2)c2ccc([N+](=O)[O-])cc2)CC1. The van der Waals surface area contributed by atoms with Gasteiger partial charge in [0.15, 0.2) is 0 Å². The maximum Gasteiger partial charge on any atom is 0.331 e. The number of carbonyl (C=O) groups is 1. The Morgan fingerprint density at radius 1 is 1.20 bits per heavy atom. The standard InChI is InChI=1S/C18H17FN2O4/c1-25-17(22)18(10-11-18)20(12-13-2-4-14(19)5-3-13)15-6-8-16(9-7-15)21(23)24/h2-9H,10-12H2,1H3. The summed E-state index contributed by atoms with van der Waals surface area (Å²) < 4.78 is 18.1. The van der Waals surface area contributed by atoms with Crippen LogP contribution < -0.4 is 4.90 Å². The molecule has 1 aliphatic rings. The van der Waals surface area contributed by atoms with Crippen LogP contribution in [0.25, 0.3) is 0 Å². The van der Waals surface area contributed by atoms with Crippen LogP contribution in [0.15, 0.2) is 48.5 Å². The van der Waals surface area contributed by atoms with Gasteiger partial charge in [0.1, 0.15) is 11.4 Å². The molecule has 0 N–H and O–H groups in total. The summed E-state index contributed by atoms with van der Waals surface area (Å²) in [5.74, 6) is -0.673. The third kappa shape index (κ3) is 3.31. The molecule has 0 bridgehead atoms. The Morgan fingerprint density at radius 3 is 2.28 bits per heavy atom. The van der Waals surface area contributed by atoms with Crippen molar-refractivity contribution in [3.63, 3.8) is 0 Å². The van der Waals surface area contributed by atoms with Crippen molar-refractivity contribution in [3.05, 3.63) is 70.0 Å². The quantitative estimate of drug-likeness (QED) is 0.456. The molecule has 6 nitrogen and oxygen atoms in total. The van der Waals surface area contributed by atoms with Crippen molar-refractivity contribution in [1.82, 2.24) is 0 Å². The minimum Gasteiger partial charge on any atom is -0.467 e. The lowest BCUT2D eigenvalue weighted by Gasteiger charge is -2.32. The number of esters is 1. The number of nitro benzene ring substituents is 1. The van der Waals surface area contributed by atoms with Crippen LogP contribution in [-0.4, -0.2) is 23.5 Å². The van der Waals surface area contributed by atoms with Gasteiger partial charge >= 0.3 is 5.97 Å². The van der Waals surface area contributed by atoms with Crippen LogP contribution in [0.2, 0.25) is 0 Å². The first-order valence-electron chi connectivity index (χ1n) is 7.81. The zero-order valence-electron chi connectivity index (χ0n) is 13.6. The fourth-order valence-corrected chi connectivity index (χ4v) is 2.91. The predicted molar refractivity (Wildman–Crippen MR) is 89.7 cm³/mol. The predicted octanol–water partition coefficient (Wildman–Crippen LogP) is 3.45. The Morgan fingerprint density at radius 2 is 1.80 bits per heavy atom. The molecule has 7 heteroatoms. The molecule has 0 aromatic heterocycles. The first-order chi connectivity index (χ1) is 12.0. The number of carbonyl (C=O) groups excluding carboxylic acids is 1. The lowest BCUT2D eigenvalue weighted by molar-refractivity contribution is -0.384. The van der Waals surface area contributed by atoms with E-state index >= 15 is 0 Å². The molecule has 0 unspecified atom stereocenters. The van der Waals surface area contributed by atoms with Gasteiger partial charge in [-0.25, -0.2) is 9.18 Å². The number of benzene rings is 2. The molecule has 0 aliphatic heterocycles. The van der Waals surface area contributed by atoms with Crippen molar-refractivity contribution >= 4 is 17.3 Å². The van der Waals surface area contributed by atoms with Gasteiger partial charge in [-0.2, -0.15) is 0 Å². The highest BCUT2D eigenvalue weighted by Gasteiger charge is 2.56. The second-order valence-electron chi connectivity index (χ2n) is 6.01. The molecular formula is C18H17FN2O4. The second-order valence-corrected chi connectivity index (χ2v) is 6.01. The summed E-state index contributed by atoms with van der Waals surface area (Å²) in [6.45, 7) is 0.368. The Hall–Kier alpha value is -2.96. The van der Waals surface area contributed by atoms with Crippen molar-refractivity contribution < 1.29 is 18.8 Å². The van der Waals surface area contributed by atoms with Gasteiger partial charge in [0.25, 0.3) is 5.69 Å². The highest BCUT2D eigenvalue weighted by molar-refractivity contribution is 5.88. The van der Waals surface area contributed by atoms with E-state index in [2.05, 4.69) is 0 Å². The van der Waals surface area contributed by atoms with E-state index < -0.39 is 10.5 Å². The van der Waals surface area contributed by atoms with Crippen LogP contribution in [0.3, 0.4) is 0 Å². The van der Waals surface area contributed by atoms with Crippen LogP contribution in [-0.2, 0) is 16.1 Å². The maximum absolute atomic E-state index is 13.1. The number of hydrogen-bond acceptors (Lipinski definition) is 5. The van der Waals surface area contributed by atoms with Crippen molar-refractivity contribution in [2.24, 2.45) is 0 Å². The number of hydrogen-bond donors (Lipinski definition) is 0. The number of halogens is 1. The fraction of sp³-hybridized carbons (Fsp3) is 0.278. The maximum atomic E-state index is 13.1. The minimum atomic E-state index is -0.779. The average molecular weight is 344 g/mol. The molecule has 1 aliphatic carbocycles. The Kier molecular flexibility index (Phi) is 4.39. The van der Waals surface area contributed by atoms with Crippen molar-refractivity contribution in [3.8, 4) is 0 Å². The molecule has 0 heterocycles. The van der Waals surface area contributed by atoms with Gasteiger partial charge in [-0.3, -0.25) is 10.1 Å². The average Bonchev–Trinajstić information content (AvgIpc) is 3.42. The van der Waals surface area contributed by atoms with Gasteiger partial charge in [-0.1, -0.05) is 12.1 Å². The van der Waals surface area contributed by atoms with Gasteiger partial charge in [-0.05, 0) is 42.7 Å². The van der Waals surface area contributed by atoms with Crippen LogP contribution >= 0.6 is 0 Å². The lowest BCUT2D eigenvalue weighted by atomic mass is 10.1. The number of ether oxygens (including phenoxy) is 1. The van der Waals surface area contributed by atoms with Crippen molar-refractivity contribution in [2.45, 2.75) is 24.9 Å². The van der Waals surface area contributed by atoms with E-state index in [1.807, 2.05) is 4.90 Å². The summed E-state index contributed by atoms with van der Waals surface area (Å²) in [7, 11) is 1.34. The summed E-state index contributed by atoms with van der Waals surface area (Å²) in [5, 5.41) is 10.9. The number of non-ortho nitro benzene ring substituents is 1. The summed E-state index contributed by atoms with van der Waals surface area (Å²) in [6.07, 6.45) is 1.27.